The van der Waals surface area contributed by atoms with Crippen LogP contribution in [0.25, 0.3) is 0 Å². The van der Waals surface area contributed by atoms with Gasteiger partial charge in [0.15, 0.2) is 0 Å². The molecule has 0 radical (unpaired) electrons. The van der Waals surface area contributed by atoms with Crippen molar-refractivity contribution in [3.8, 4) is 6.07 Å². The monoisotopic (exact) mass is 236 g/mol. The summed E-state index contributed by atoms with van der Waals surface area (Å²) >= 11 is 0. The third-order valence-electron chi connectivity index (χ3n) is 3.72. The van der Waals surface area contributed by atoms with Gasteiger partial charge in [-0.05, 0) is 31.6 Å². The number of amides is 1. The summed E-state index contributed by atoms with van der Waals surface area (Å²) < 4.78 is 0. The molecule has 1 aliphatic carbocycles. The fourth-order valence-electron chi connectivity index (χ4n) is 2.59. The van der Waals surface area contributed by atoms with Crippen LogP contribution in [0.3, 0.4) is 0 Å². The lowest BCUT2D eigenvalue weighted by Crippen LogP contribution is -2.33. The molecular weight excluding hydrogens is 212 g/mol. The molecule has 0 aromatic rings. The van der Waals surface area contributed by atoms with Gasteiger partial charge in [-0.15, -0.1) is 0 Å². The highest BCUT2D eigenvalue weighted by Gasteiger charge is 2.25. The van der Waals surface area contributed by atoms with Crippen molar-refractivity contribution in [2.45, 2.75) is 58.3 Å². The molecule has 17 heavy (non-hydrogen) atoms. The van der Waals surface area contributed by atoms with Gasteiger partial charge in [-0.25, -0.2) is 0 Å². The molecule has 0 heterocycles. The summed E-state index contributed by atoms with van der Waals surface area (Å²) in [5.74, 6) is 1.21. The maximum absolute atomic E-state index is 11.8. The molecule has 1 N–H and O–H groups in total. The first-order valence-corrected chi connectivity index (χ1v) is 6.92. The number of hydrogen-bond acceptors (Lipinski definition) is 2. The van der Waals surface area contributed by atoms with Gasteiger partial charge in [-0.3, -0.25) is 4.79 Å². The molecule has 96 valence electrons. The number of nitriles is 1. The third kappa shape index (κ3) is 5.21. The molecule has 1 amide bonds. The molecule has 1 fully saturated rings. The van der Waals surface area contributed by atoms with Crippen molar-refractivity contribution in [1.82, 2.24) is 5.32 Å². The van der Waals surface area contributed by atoms with Crippen LogP contribution < -0.4 is 5.32 Å². The van der Waals surface area contributed by atoms with Crippen molar-refractivity contribution in [3.63, 3.8) is 0 Å². The van der Waals surface area contributed by atoms with Gasteiger partial charge in [0.25, 0.3) is 0 Å². The number of nitrogens with zero attached hydrogens (tertiary/aromatic N) is 1. The molecule has 0 aliphatic heterocycles. The smallest absolute Gasteiger partial charge is 0.223 e. The van der Waals surface area contributed by atoms with E-state index in [-0.39, 0.29) is 11.8 Å². The van der Waals surface area contributed by atoms with E-state index in [1.165, 1.54) is 32.1 Å². The molecule has 0 atom stereocenters. The Morgan fingerprint density at radius 2 is 2.06 bits per heavy atom. The second-order valence-corrected chi connectivity index (χ2v) is 5.06. The minimum atomic E-state index is 0.161. The van der Waals surface area contributed by atoms with Gasteiger partial charge in [-0.2, -0.15) is 5.26 Å². The van der Waals surface area contributed by atoms with Crippen molar-refractivity contribution in [2.75, 3.05) is 6.54 Å². The van der Waals surface area contributed by atoms with Crippen LogP contribution in [0.15, 0.2) is 0 Å². The maximum atomic E-state index is 11.8. The minimum Gasteiger partial charge on any atom is -0.355 e. The average molecular weight is 236 g/mol. The first-order valence-electron chi connectivity index (χ1n) is 6.92. The molecule has 1 rings (SSSR count). The summed E-state index contributed by atoms with van der Waals surface area (Å²) in [6.45, 7) is 2.74. The van der Waals surface area contributed by atoms with Crippen molar-refractivity contribution in [1.29, 1.82) is 5.26 Å². The van der Waals surface area contributed by atoms with E-state index in [0.717, 1.165) is 18.8 Å². The topological polar surface area (TPSA) is 52.9 Å². The van der Waals surface area contributed by atoms with Crippen molar-refractivity contribution >= 4 is 5.91 Å². The lowest BCUT2D eigenvalue weighted by atomic mass is 9.79. The largest absolute Gasteiger partial charge is 0.355 e. The number of carbonyl (C=O) groups excluding carboxylic acids is 1. The Labute approximate surface area is 105 Å². The molecular formula is C14H24N2O. The summed E-state index contributed by atoms with van der Waals surface area (Å²) in [5.41, 5.74) is 0. The molecule has 0 spiro atoms. The van der Waals surface area contributed by atoms with E-state index in [9.17, 15) is 4.79 Å². The summed E-state index contributed by atoms with van der Waals surface area (Å²) in [7, 11) is 0. The van der Waals surface area contributed by atoms with Crippen LogP contribution in [-0.4, -0.2) is 12.5 Å². The number of hydrogen-bond donors (Lipinski definition) is 1. The van der Waals surface area contributed by atoms with Crippen LogP contribution in [0.1, 0.15) is 58.3 Å². The Balaban J connectivity index is 2.17. The zero-order chi connectivity index (χ0) is 12.5. The van der Waals surface area contributed by atoms with Gasteiger partial charge in [0.2, 0.25) is 5.91 Å². The molecule has 1 saturated carbocycles. The standard InChI is InChI=1S/C14H24N2O/c1-2-3-5-12-6-8-13(9-7-12)14(17)16-11-4-10-15/h12-13H,2-9,11H2,1H3,(H,16,17). The second-order valence-electron chi connectivity index (χ2n) is 5.06. The second kappa shape index (κ2) is 8.11. The van der Waals surface area contributed by atoms with E-state index < -0.39 is 0 Å². The Kier molecular flexibility index (Phi) is 6.69. The van der Waals surface area contributed by atoms with Crippen molar-refractivity contribution in [2.24, 2.45) is 11.8 Å². The first-order chi connectivity index (χ1) is 8.27. The quantitative estimate of drug-likeness (QED) is 0.721. The number of carbonyl (C=O) groups is 1. The molecule has 0 saturated heterocycles. The fraction of sp³-hybridized carbons (Fsp3) is 0.857. The molecule has 1 aliphatic rings. The highest BCUT2D eigenvalue weighted by Crippen LogP contribution is 2.31. The highest BCUT2D eigenvalue weighted by atomic mass is 16.1. The molecule has 3 heteroatoms. The number of rotatable bonds is 6. The summed E-state index contributed by atoms with van der Waals surface area (Å²) in [6, 6.07) is 2.04. The zero-order valence-electron chi connectivity index (χ0n) is 10.9. The first kappa shape index (κ1) is 14.0. The van der Waals surface area contributed by atoms with Crippen molar-refractivity contribution in [3.05, 3.63) is 0 Å². The molecule has 0 aromatic carbocycles. The average Bonchev–Trinajstić information content (AvgIpc) is 2.37. The van der Waals surface area contributed by atoms with E-state index in [2.05, 4.69) is 12.2 Å². The van der Waals surface area contributed by atoms with E-state index >= 15 is 0 Å². The molecule has 0 unspecified atom stereocenters. The van der Waals surface area contributed by atoms with Crippen LogP contribution in [0.5, 0.6) is 0 Å². The SMILES string of the molecule is CCCCC1CCC(C(=O)NCCC#N)CC1. The van der Waals surface area contributed by atoms with E-state index in [0.29, 0.717) is 13.0 Å². The summed E-state index contributed by atoms with van der Waals surface area (Å²) in [4.78, 5) is 11.8. The van der Waals surface area contributed by atoms with Crippen LogP contribution >= 0.6 is 0 Å². The van der Waals surface area contributed by atoms with Gasteiger partial charge in [-0.1, -0.05) is 26.2 Å². The van der Waals surface area contributed by atoms with Gasteiger partial charge in [0.1, 0.15) is 0 Å². The van der Waals surface area contributed by atoms with Crippen LogP contribution in [0.2, 0.25) is 0 Å². The van der Waals surface area contributed by atoms with E-state index in [1.54, 1.807) is 0 Å². The Hall–Kier alpha value is -1.04. The van der Waals surface area contributed by atoms with E-state index in [1.807, 2.05) is 6.07 Å². The third-order valence-corrected chi connectivity index (χ3v) is 3.72. The van der Waals surface area contributed by atoms with Crippen LogP contribution in [-0.2, 0) is 4.79 Å². The fourth-order valence-corrected chi connectivity index (χ4v) is 2.59. The number of nitrogens with one attached hydrogen (secondary N) is 1. The van der Waals surface area contributed by atoms with Gasteiger partial charge in [0, 0.05) is 12.5 Å². The molecule has 0 bridgehead atoms. The normalized spacial score (nSPS) is 24.0. The van der Waals surface area contributed by atoms with Gasteiger partial charge in [0.05, 0.1) is 12.5 Å². The van der Waals surface area contributed by atoms with E-state index in [4.69, 9.17) is 5.26 Å². The Bertz CT molecular complexity index is 262. The van der Waals surface area contributed by atoms with Crippen LogP contribution in [0, 0.1) is 23.2 Å². The lowest BCUT2D eigenvalue weighted by molar-refractivity contribution is -0.126. The zero-order valence-corrected chi connectivity index (χ0v) is 10.9. The lowest BCUT2D eigenvalue weighted by Gasteiger charge is -2.27. The summed E-state index contributed by atoms with van der Waals surface area (Å²) in [6.07, 6.45) is 8.82. The highest BCUT2D eigenvalue weighted by molar-refractivity contribution is 5.78. The van der Waals surface area contributed by atoms with Gasteiger partial charge < -0.3 is 5.32 Å². The maximum Gasteiger partial charge on any atom is 0.223 e. The van der Waals surface area contributed by atoms with Crippen LogP contribution in [0.4, 0.5) is 0 Å². The predicted molar refractivity (Wildman–Crippen MR) is 68.2 cm³/mol. The Morgan fingerprint density at radius 3 is 2.65 bits per heavy atom. The predicted octanol–water partition coefficient (Wildman–Crippen LogP) is 3.01. The summed E-state index contributed by atoms with van der Waals surface area (Å²) in [5, 5.41) is 11.3. The Morgan fingerprint density at radius 1 is 1.35 bits per heavy atom. The van der Waals surface area contributed by atoms with Gasteiger partial charge >= 0.3 is 0 Å². The minimum absolute atomic E-state index is 0.161. The number of unbranched alkanes of at least 4 members (excludes halogenated alkanes) is 1. The molecule has 3 nitrogen and oxygen atoms in total. The molecule has 0 aromatic heterocycles. The van der Waals surface area contributed by atoms with Crippen molar-refractivity contribution < 1.29 is 4.79 Å².